The van der Waals surface area contributed by atoms with Crippen LogP contribution in [0.3, 0.4) is 0 Å². The van der Waals surface area contributed by atoms with Gasteiger partial charge in [0.15, 0.2) is 0 Å². The summed E-state index contributed by atoms with van der Waals surface area (Å²) in [6.45, 7) is -0.387. The predicted octanol–water partition coefficient (Wildman–Crippen LogP) is -2.80. The molecule has 186 valence electrons. The Morgan fingerprint density at radius 1 is 0.970 bits per heavy atom. The molecule has 0 spiro atoms. The first kappa shape index (κ1) is 28.5. The largest absolute Gasteiger partial charge is 0.481 e. The fraction of sp³-hybridized carbons (Fsp3) is 0.667. The van der Waals surface area contributed by atoms with Crippen LogP contribution in [-0.4, -0.2) is 99.4 Å². The van der Waals surface area contributed by atoms with E-state index in [0.29, 0.717) is 19.4 Å². The zero-order valence-corrected chi connectivity index (χ0v) is 19.5. The number of hydrogen-bond donors (Lipinski definition) is 8. The van der Waals surface area contributed by atoms with Gasteiger partial charge in [0, 0.05) is 24.5 Å². The van der Waals surface area contributed by atoms with Gasteiger partial charge in [0.25, 0.3) is 0 Å². The molecule has 15 heteroatoms. The summed E-state index contributed by atoms with van der Waals surface area (Å²) in [4.78, 5) is 72.9. The van der Waals surface area contributed by atoms with Gasteiger partial charge in [0.1, 0.15) is 24.7 Å². The second-order valence-electron chi connectivity index (χ2n) is 7.33. The normalized spacial score (nSPS) is 18.0. The molecule has 33 heavy (non-hydrogen) atoms. The zero-order valence-electron chi connectivity index (χ0n) is 17.7. The van der Waals surface area contributed by atoms with E-state index in [4.69, 9.17) is 15.9 Å². The van der Waals surface area contributed by atoms with Gasteiger partial charge < -0.3 is 36.8 Å². The first-order valence-corrected chi connectivity index (χ1v) is 11.4. The lowest BCUT2D eigenvalue weighted by atomic mass is 10.1. The highest BCUT2D eigenvalue weighted by molar-refractivity contribution is 7.80. The molecule has 1 aliphatic heterocycles. The number of nitrogens with zero attached hydrogens (tertiary/aromatic N) is 1. The van der Waals surface area contributed by atoms with Crippen molar-refractivity contribution in [1.29, 1.82) is 0 Å². The van der Waals surface area contributed by atoms with Crippen molar-refractivity contribution in [2.45, 2.75) is 49.9 Å². The van der Waals surface area contributed by atoms with Crippen molar-refractivity contribution >= 4 is 60.8 Å². The minimum absolute atomic E-state index is 0.104. The maximum absolute atomic E-state index is 12.8. The van der Waals surface area contributed by atoms with Crippen LogP contribution in [0.15, 0.2) is 0 Å². The van der Waals surface area contributed by atoms with E-state index in [0.717, 1.165) is 0 Å². The van der Waals surface area contributed by atoms with E-state index in [1.54, 1.807) is 0 Å². The van der Waals surface area contributed by atoms with Gasteiger partial charge in [-0.25, -0.2) is 0 Å². The minimum atomic E-state index is -1.34. The number of rotatable bonds is 13. The highest BCUT2D eigenvalue weighted by atomic mass is 32.1. The maximum atomic E-state index is 12.8. The zero-order chi connectivity index (χ0) is 25.1. The Morgan fingerprint density at radius 3 is 2.18 bits per heavy atom. The molecule has 4 atom stereocenters. The Balaban J connectivity index is 2.84. The first-order valence-electron chi connectivity index (χ1n) is 10.1. The lowest BCUT2D eigenvalue weighted by molar-refractivity contribution is -0.140. The SMILES string of the molecule is N[C@@H](CS)C(=O)N1CCC[C@H]1C(=O)N[C@@H](CS)C(=O)N[C@@H](CCC(=O)O)C(=O)NCC(=O)O. The molecule has 0 radical (unpaired) electrons. The Kier molecular flexibility index (Phi) is 12.0. The number of aliphatic carboxylic acids is 2. The van der Waals surface area contributed by atoms with E-state index in [1.165, 1.54) is 4.90 Å². The van der Waals surface area contributed by atoms with Gasteiger partial charge in [-0.2, -0.15) is 25.3 Å². The quantitative estimate of drug-likeness (QED) is 0.121. The number of nitrogens with two attached hydrogens (primary N) is 1. The van der Waals surface area contributed by atoms with Crippen LogP contribution in [0.1, 0.15) is 25.7 Å². The summed E-state index contributed by atoms with van der Waals surface area (Å²) in [6, 6.07) is -4.24. The molecule has 1 fully saturated rings. The van der Waals surface area contributed by atoms with Crippen molar-refractivity contribution in [1.82, 2.24) is 20.9 Å². The predicted molar refractivity (Wildman–Crippen MR) is 122 cm³/mol. The smallest absolute Gasteiger partial charge is 0.322 e. The molecule has 13 nitrogen and oxygen atoms in total. The van der Waals surface area contributed by atoms with Crippen LogP contribution in [0.25, 0.3) is 0 Å². The van der Waals surface area contributed by atoms with Crippen molar-refractivity contribution in [3.05, 3.63) is 0 Å². The van der Waals surface area contributed by atoms with Gasteiger partial charge in [-0.1, -0.05) is 0 Å². The molecule has 1 rings (SSSR count). The fourth-order valence-electron chi connectivity index (χ4n) is 3.15. The molecule has 0 unspecified atom stereocenters. The highest BCUT2D eigenvalue weighted by Gasteiger charge is 2.37. The van der Waals surface area contributed by atoms with E-state index in [1.807, 2.05) is 0 Å². The molecular weight excluding hydrogens is 478 g/mol. The van der Waals surface area contributed by atoms with E-state index >= 15 is 0 Å². The van der Waals surface area contributed by atoms with Gasteiger partial charge in [0.2, 0.25) is 23.6 Å². The Morgan fingerprint density at radius 2 is 1.64 bits per heavy atom. The van der Waals surface area contributed by atoms with E-state index in [-0.39, 0.29) is 17.9 Å². The molecular formula is C18H29N5O8S2. The second-order valence-corrected chi connectivity index (χ2v) is 8.06. The summed E-state index contributed by atoms with van der Waals surface area (Å²) in [5.74, 6) is -5.32. The van der Waals surface area contributed by atoms with Gasteiger partial charge >= 0.3 is 11.9 Å². The van der Waals surface area contributed by atoms with Crippen molar-refractivity contribution in [3.63, 3.8) is 0 Å². The molecule has 1 aliphatic rings. The topological polar surface area (TPSA) is 208 Å². The molecule has 4 amide bonds. The van der Waals surface area contributed by atoms with Gasteiger partial charge in [-0.3, -0.25) is 28.8 Å². The summed E-state index contributed by atoms with van der Waals surface area (Å²) >= 11 is 8.04. The third-order valence-corrected chi connectivity index (χ3v) is 5.62. The average Bonchev–Trinajstić information content (AvgIpc) is 3.26. The summed E-state index contributed by atoms with van der Waals surface area (Å²) < 4.78 is 0. The summed E-state index contributed by atoms with van der Waals surface area (Å²) in [5.41, 5.74) is 5.72. The van der Waals surface area contributed by atoms with Crippen molar-refractivity contribution in [3.8, 4) is 0 Å². The van der Waals surface area contributed by atoms with Crippen molar-refractivity contribution < 1.29 is 39.0 Å². The number of carboxylic acid groups (broad SMARTS) is 2. The first-order chi connectivity index (χ1) is 15.5. The number of thiol groups is 2. The summed E-state index contributed by atoms with van der Waals surface area (Å²) in [5, 5.41) is 24.4. The lowest BCUT2D eigenvalue weighted by Gasteiger charge is -2.28. The van der Waals surface area contributed by atoms with E-state index in [9.17, 15) is 28.8 Å². The molecule has 1 saturated heterocycles. The Labute approximate surface area is 201 Å². The number of carbonyl (C=O) groups excluding carboxylic acids is 4. The van der Waals surface area contributed by atoms with E-state index < -0.39 is 72.7 Å². The Bertz CT molecular complexity index is 768. The molecule has 0 aliphatic carbocycles. The van der Waals surface area contributed by atoms with Crippen LogP contribution in [0.5, 0.6) is 0 Å². The second kappa shape index (κ2) is 13.9. The minimum Gasteiger partial charge on any atom is -0.481 e. The van der Waals surface area contributed by atoms with Crippen LogP contribution in [0.2, 0.25) is 0 Å². The number of hydrogen-bond acceptors (Lipinski definition) is 9. The fourth-order valence-corrected chi connectivity index (χ4v) is 3.56. The standard InChI is InChI=1S/C18H29N5O8S2/c19-9(7-32)18(31)23-5-1-2-12(23)17(30)22-11(8-33)16(29)21-10(3-4-13(24)25)15(28)20-6-14(26)27/h9-12,32-33H,1-8,19H2,(H,20,28)(H,21,29)(H,22,30)(H,24,25)(H,26,27)/t9-,10-,11-,12-/m0/s1. The van der Waals surface area contributed by atoms with Crippen LogP contribution >= 0.6 is 25.3 Å². The molecule has 0 aromatic heterocycles. The van der Waals surface area contributed by atoms with Crippen LogP contribution in [0, 0.1) is 0 Å². The molecule has 1 heterocycles. The third-order valence-electron chi connectivity index (χ3n) is 4.86. The number of carboxylic acids is 2. The van der Waals surface area contributed by atoms with Crippen molar-refractivity contribution in [2.75, 3.05) is 24.6 Å². The highest BCUT2D eigenvalue weighted by Crippen LogP contribution is 2.19. The molecule has 0 aromatic carbocycles. The summed E-state index contributed by atoms with van der Waals surface area (Å²) in [6.07, 6.45) is 0.179. The summed E-state index contributed by atoms with van der Waals surface area (Å²) in [7, 11) is 0. The number of likely N-dealkylation sites (tertiary alicyclic amines) is 1. The molecule has 0 aromatic rings. The third kappa shape index (κ3) is 9.09. The van der Waals surface area contributed by atoms with E-state index in [2.05, 4.69) is 41.2 Å². The number of nitrogens with one attached hydrogen (secondary N) is 3. The maximum Gasteiger partial charge on any atom is 0.322 e. The molecule has 0 saturated carbocycles. The number of carbonyl (C=O) groups is 6. The van der Waals surface area contributed by atoms with Crippen molar-refractivity contribution in [2.24, 2.45) is 5.73 Å². The van der Waals surface area contributed by atoms with Gasteiger partial charge in [-0.05, 0) is 19.3 Å². The van der Waals surface area contributed by atoms with Crippen LogP contribution in [0.4, 0.5) is 0 Å². The molecule has 0 bridgehead atoms. The van der Waals surface area contributed by atoms with Crippen LogP contribution < -0.4 is 21.7 Å². The number of amides is 4. The lowest BCUT2D eigenvalue weighted by Crippen LogP contribution is -2.58. The van der Waals surface area contributed by atoms with Gasteiger partial charge in [0.05, 0.1) is 6.04 Å². The van der Waals surface area contributed by atoms with Crippen LogP contribution in [-0.2, 0) is 28.8 Å². The monoisotopic (exact) mass is 507 g/mol. The Hall–Kier alpha value is -2.52. The average molecular weight is 508 g/mol. The van der Waals surface area contributed by atoms with Gasteiger partial charge in [-0.15, -0.1) is 0 Å². The molecule has 7 N–H and O–H groups in total.